The Kier molecular flexibility index (Phi) is 8.13. The highest BCUT2D eigenvalue weighted by Crippen LogP contribution is 2.37. The lowest BCUT2D eigenvalue weighted by molar-refractivity contribution is -0.139. The molecule has 0 bridgehead atoms. The van der Waals surface area contributed by atoms with Crippen LogP contribution in [0.2, 0.25) is 5.02 Å². The van der Waals surface area contributed by atoms with Crippen LogP contribution in [-0.4, -0.2) is 30.1 Å². The van der Waals surface area contributed by atoms with Crippen molar-refractivity contribution in [3.63, 3.8) is 0 Å². The van der Waals surface area contributed by atoms with E-state index < -0.39 is 35.2 Å². The quantitative estimate of drug-likeness (QED) is 0.254. The Morgan fingerprint density at radius 2 is 1.62 bits per heavy atom. The molecule has 4 rings (SSSR count). The third kappa shape index (κ3) is 6.64. The van der Waals surface area contributed by atoms with Crippen molar-refractivity contribution in [1.29, 1.82) is 0 Å². The van der Waals surface area contributed by atoms with E-state index in [1.54, 1.807) is 28.6 Å². The van der Waals surface area contributed by atoms with Crippen LogP contribution in [0.1, 0.15) is 18.4 Å². The lowest BCUT2D eigenvalue weighted by Crippen LogP contribution is -2.46. The molecule has 1 fully saturated rings. The molecule has 1 N–H and O–H groups in total. The molecule has 0 saturated carbocycles. The van der Waals surface area contributed by atoms with E-state index in [9.17, 15) is 31.1 Å². The van der Waals surface area contributed by atoms with E-state index in [0.717, 1.165) is 29.2 Å². The minimum atomic E-state index is -4.84. The van der Waals surface area contributed by atoms with E-state index in [1.165, 1.54) is 16.8 Å². The summed E-state index contributed by atoms with van der Waals surface area (Å²) < 4.78 is 82.5. The molecule has 1 saturated heterocycles. The summed E-state index contributed by atoms with van der Waals surface area (Å²) in [6.07, 6.45) is -4.05. The van der Waals surface area contributed by atoms with Gasteiger partial charge < -0.3 is 14.5 Å². The lowest BCUT2D eigenvalue weighted by Gasteiger charge is -2.39. The Hall–Kier alpha value is -3.05. The van der Waals surface area contributed by atoms with Crippen LogP contribution in [0, 0.1) is 17.5 Å². The molecule has 0 atom stereocenters. The summed E-state index contributed by atoms with van der Waals surface area (Å²) in [7, 11) is 0. The van der Waals surface area contributed by atoms with Crippen molar-refractivity contribution in [3.05, 3.63) is 88.7 Å². The van der Waals surface area contributed by atoms with E-state index >= 15 is 0 Å². The van der Waals surface area contributed by atoms with Gasteiger partial charge in [-0.15, -0.1) is 0 Å². The highest BCUT2D eigenvalue weighted by molar-refractivity contribution is 8.00. The van der Waals surface area contributed by atoms with Gasteiger partial charge in [-0.1, -0.05) is 11.6 Å². The lowest BCUT2D eigenvalue weighted by atomic mass is 10.0. The van der Waals surface area contributed by atoms with Gasteiger partial charge in [0.1, 0.15) is 17.5 Å². The number of nitrogens with zero attached hydrogens (tertiary/aromatic N) is 2. The summed E-state index contributed by atoms with van der Waals surface area (Å²) in [5.41, 5.74) is -1.48. The minimum absolute atomic E-state index is 0.0584. The third-order valence-electron chi connectivity index (χ3n) is 5.77. The minimum Gasteiger partial charge on any atom is -0.324 e. The summed E-state index contributed by atoms with van der Waals surface area (Å²) in [5, 5.41) is 2.94. The van der Waals surface area contributed by atoms with Crippen molar-refractivity contribution in [3.8, 4) is 0 Å². The first kappa shape index (κ1) is 27.0. The highest BCUT2D eigenvalue weighted by Gasteiger charge is 2.34. The topological polar surface area (TPSA) is 35.6 Å². The number of nitrogens with one attached hydrogen (secondary N) is 1. The first-order valence-electron chi connectivity index (χ1n) is 11.1. The van der Waals surface area contributed by atoms with Crippen molar-refractivity contribution in [1.82, 2.24) is 4.90 Å². The van der Waals surface area contributed by atoms with E-state index in [2.05, 4.69) is 5.32 Å². The Morgan fingerprint density at radius 1 is 0.946 bits per heavy atom. The number of anilines is 2. The molecule has 0 unspecified atom stereocenters. The van der Waals surface area contributed by atoms with Crippen molar-refractivity contribution < 1.29 is 31.1 Å². The summed E-state index contributed by atoms with van der Waals surface area (Å²) in [6, 6.07) is 11.3. The second-order valence-electron chi connectivity index (χ2n) is 8.31. The number of hydrogen-bond donors (Lipinski definition) is 1. The predicted octanol–water partition coefficient (Wildman–Crippen LogP) is 7.99. The number of carbonyl (C=O) groups excluding carboxylic acids is 1. The number of benzene rings is 3. The molecule has 0 radical (unpaired) electrons. The second-order valence-corrected chi connectivity index (χ2v) is 9.79. The molecule has 2 amide bonds. The molecule has 1 heterocycles. The highest BCUT2D eigenvalue weighted by atomic mass is 35.5. The Balaban J connectivity index is 1.45. The van der Waals surface area contributed by atoms with Crippen LogP contribution in [0.25, 0.3) is 0 Å². The fraction of sp³-hybridized carbons (Fsp3) is 0.240. The molecular weight excluding hydrogens is 540 g/mol. The molecule has 196 valence electrons. The van der Waals surface area contributed by atoms with E-state index in [0.29, 0.717) is 30.0 Å². The molecule has 0 spiro atoms. The maximum absolute atomic E-state index is 14.7. The molecule has 3 aromatic carbocycles. The molecule has 12 heteroatoms. The molecule has 1 aliphatic rings. The van der Waals surface area contributed by atoms with Gasteiger partial charge in [0.15, 0.2) is 0 Å². The van der Waals surface area contributed by atoms with Gasteiger partial charge in [0, 0.05) is 40.8 Å². The number of hydrogen-bond acceptors (Lipinski definition) is 3. The van der Waals surface area contributed by atoms with Crippen LogP contribution in [0.3, 0.4) is 0 Å². The van der Waals surface area contributed by atoms with Gasteiger partial charge in [0.05, 0.1) is 11.3 Å². The average Bonchev–Trinajstić information content (AvgIpc) is 2.85. The van der Waals surface area contributed by atoms with E-state index in [1.807, 2.05) is 0 Å². The first-order valence-corrected chi connectivity index (χ1v) is 12.3. The largest absolute Gasteiger partial charge is 0.419 e. The predicted molar refractivity (Wildman–Crippen MR) is 131 cm³/mol. The van der Waals surface area contributed by atoms with Gasteiger partial charge in [0.2, 0.25) is 0 Å². The number of piperidine rings is 1. The number of halogens is 7. The monoisotopic (exact) mass is 559 g/mol. The number of carbonyl (C=O) groups is 1. The fourth-order valence-electron chi connectivity index (χ4n) is 3.91. The van der Waals surface area contributed by atoms with Crippen molar-refractivity contribution >= 4 is 41.0 Å². The maximum atomic E-state index is 14.7. The van der Waals surface area contributed by atoms with Crippen LogP contribution in [0.4, 0.5) is 42.5 Å². The van der Waals surface area contributed by atoms with E-state index in [-0.39, 0.29) is 30.5 Å². The summed E-state index contributed by atoms with van der Waals surface area (Å²) in [4.78, 5) is 14.8. The van der Waals surface area contributed by atoms with Crippen LogP contribution in [0.15, 0.2) is 65.6 Å². The Bertz CT molecular complexity index is 1270. The molecule has 0 aliphatic carbocycles. The first-order chi connectivity index (χ1) is 17.5. The summed E-state index contributed by atoms with van der Waals surface area (Å²) >= 11 is 7.17. The van der Waals surface area contributed by atoms with Crippen LogP contribution in [-0.2, 0) is 6.18 Å². The molecule has 3 aromatic rings. The molecule has 1 aliphatic heterocycles. The van der Waals surface area contributed by atoms with Crippen LogP contribution >= 0.6 is 23.5 Å². The van der Waals surface area contributed by atoms with Gasteiger partial charge in [0.25, 0.3) is 0 Å². The van der Waals surface area contributed by atoms with Gasteiger partial charge >= 0.3 is 12.2 Å². The zero-order valence-corrected chi connectivity index (χ0v) is 20.6. The number of urea groups is 1. The van der Waals surface area contributed by atoms with E-state index in [4.69, 9.17) is 11.6 Å². The number of rotatable bonds is 5. The third-order valence-corrected chi connectivity index (χ3v) is 7.20. The Labute approximate surface area is 218 Å². The molecular formula is C25H20ClF6N3OS. The molecule has 0 aromatic heterocycles. The van der Waals surface area contributed by atoms with Crippen LogP contribution in [0.5, 0.6) is 0 Å². The van der Waals surface area contributed by atoms with Crippen molar-refractivity contribution in [2.75, 3.05) is 22.7 Å². The van der Waals surface area contributed by atoms with Crippen molar-refractivity contribution in [2.45, 2.75) is 30.0 Å². The zero-order chi connectivity index (χ0) is 26.7. The normalized spacial score (nSPS) is 14.5. The Morgan fingerprint density at radius 3 is 2.24 bits per heavy atom. The zero-order valence-electron chi connectivity index (χ0n) is 19.0. The van der Waals surface area contributed by atoms with Gasteiger partial charge in [-0.25, -0.2) is 18.0 Å². The number of amides is 2. The average molecular weight is 560 g/mol. The second kappa shape index (κ2) is 11.1. The summed E-state index contributed by atoms with van der Waals surface area (Å²) in [6.45, 7) is 0.461. The SMILES string of the molecule is O=C(Nc1ccc(C(F)(F)F)c(F)c1)N1CCC(N(Sc2ccc(Cl)cc2)c2cc(F)ccc2F)CC1. The number of alkyl halides is 3. The van der Waals surface area contributed by atoms with Gasteiger partial charge in [-0.05, 0) is 79.4 Å². The van der Waals surface area contributed by atoms with Crippen LogP contribution < -0.4 is 9.62 Å². The maximum Gasteiger partial charge on any atom is 0.419 e. The van der Waals surface area contributed by atoms with Crippen molar-refractivity contribution in [2.24, 2.45) is 0 Å². The summed E-state index contributed by atoms with van der Waals surface area (Å²) in [5.74, 6) is -2.69. The van der Waals surface area contributed by atoms with Gasteiger partial charge in [-0.3, -0.25) is 0 Å². The molecule has 37 heavy (non-hydrogen) atoms. The van der Waals surface area contributed by atoms with Gasteiger partial charge in [-0.2, -0.15) is 13.2 Å². The smallest absolute Gasteiger partial charge is 0.324 e. The molecule has 4 nitrogen and oxygen atoms in total. The number of likely N-dealkylation sites (tertiary alicyclic amines) is 1. The standard InChI is InChI=1S/C25H20ClF6N3OS/c26-15-1-5-19(6-2-15)37-35(23-13-16(27)3-8-21(23)28)18-9-11-34(12-10-18)24(36)33-17-4-7-20(22(29)14-17)25(30,31)32/h1-8,13-14,18H,9-12H2,(H,33,36). The fourth-order valence-corrected chi connectivity index (χ4v) is 5.12.